The second-order valence-electron chi connectivity index (χ2n) is 6.89. The Morgan fingerprint density at radius 1 is 1.17 bits per heavy atom. The van der Waals surface area contributed by atoms with Crippen LogP contribution in [0.3, 0.4) is 0 Å². The second kappa shape index (κ2) is 7.21. The van der Waals surface area contributed by atoms with Crippen molar-refractivity contribution < 1.29 is 9.59 Å². The van der Waals surface area contributed by atoms with E-state index in [-0.39, 0.29) is 23.5 Å². The van der Waals surface area contributed by atoms with E-state index in [0.717, 1.165) is 12.8 Å². The molecule has 2 rings (SSSR count). The molecular weight excluding hydrogens is 314 g/mol. The first-order valence-electron chi connectivity index (χ1n) is 7.89. The maximum absolute atomic E-state index is 12.2. The summed E-state index contributed by atoms with van der Waals surface area (Å²) in [5, 5.41) is 6.41. The average Bonchev–Trinajstić information content (AvgIpc) is 2.46. The third kappa shape index (κ3) is 5.13. The van der Waals surface area contributed by atoms with Gasteiger partial charge < -0.3 is 15.5 Å². The van der Waals surface area contributed by atoms with Crippen molar-refractivity contribution in [2.45, 2.75) is 45.2 Å². The van der Waals surface area contributed by atoms with Crippen molar-refractivity contribution >= 4 is 23.5 Å². The molecule has 1 aromatic carbocycles. The van der Waals surface area contributed by atoms with Crippen molar-refractivity contribution in [3.05, 3.63) is 34.9 Å². The van der Waals surface area contributed by atoms with Crippen molar-refractivity contribution in [1.29, 1.82) is 0 Å². The minimum Gasteiger partial charge on any atom is -0.349 e. The van der Waals surface area contributed by atoms with Crippen LogP contribution in [0.15, 0.2) is 24.3 Å². The summed E-state index contributed by atoms with van der Waals surface area (Å²) in [6.45, 7) is 7.15. The lowest BCUT2D eigenvalue weighted by Gasteiger charge is -2.34. The largest absolute Gasteiger partial charge is 0.349 e. The summed E-state index contributed by atoms with van der Waals surface area (Å²) in [5.41, 5.74) is 0.244. The number of hydrogen-bond acceptors (Lipinski definition) is 2. The third-order valence-electron chi connectivity index (χ3n) is 3.72. The van der Waals surface area contributed by atoms with E-state index in [0.29, 0.717) is 23.7 Å². The summed E-state index contributed by atoms with van der Waals surface area (Å²) in [6, 6.07) is 7.02. The van der Waals surface area contributed by atoms with E-state index in [1.165, 1.54) is 0 Å². The van der Waals surface area contributed by atoms with E-state index >= 15 is 0 Å². The summed E-state index contributed by atoms with van der Waals surface area (Å²) >= 11 is 6.04. The van der Waals surface area contributed by atoms with Crippen LogP contribution in [0.25, 0.3) is 0 Å². The number of amides is 3. The van der Waals surface area contributed by atoms with E-state index in [9.17, 15) is 9.59 Å². The predicted octanol–water partition coefficient (Wildman–Crippen LogP) is 3.04. The Bertz CT molecular complexity index is 575. The predicted molar refractivity (Wildman–Crippen MR) is 91.8 cm³/mol. The SMILES string of the molecule is CC(C)(C)NC(=O)N1CCC(NC(=O)c2ccccc2Cl)CC1. The highest BCUT2D eigenvalue weighted by molar-refractivity contribution is 6.33. The number of carbonyl (C=O) groups is 2. The van der Waals surface area contributed by atoms with E-state index in [2.05, 4.69) is 10.6 Å². The Labute approximate surface area is 142 Å². The number of carbonyl (C=O) groups excluding carboxylic acids is 2. The zero-order chi connectivity index (χ0) is 17.0. The van der Waals surface area contributed by atoms with Gasteiger partial charge in [-0.25, -0.2) is 4.79 Å². The number of urea groups is 1. The molecule has 0 aliphatic carbocycles. The first kappa shape index (κ1) is 17.6. The Balaban J connectivity index is 1.84. The van der Waals surface area contributed by atoms with Crippen LogP contribution < -0.4 is 10.6 Å². The molecule has 2 N–H and O–H groups in total. The zero-order valence-corrected chi connectivity index (χ0v) is 14.6. The van der Waals surface area contributed by atoms with Gasteiger partial charge in [-0.05, 0) is 45.7 Å². The molecule has 6 heteroatoms. The van der Waals surface area contributed by atoms with Gasteiger partial charge in [-0.15, -0.1) is 0 Å². The third-order valence-corrected chi connectivity index (χ3v) is 4.05. The highest BCUT2D eigenvalue weighted by Gasteiger charge is 2.26. The van der Waals surface area contributed by atoms with Crippen LogP contribution in [0.5, 0.6) is 0 Å². The standard InChI is InChI=1S/C17H24ClN3O2/c1-17(2,3)20-16(23)21-10-8-12(9-11-21)19-15(22)13-6-4-5-7-14(13)18/h4-7,12H,8-11H2,1-3H3,(H,19,22)(H,20,23). The molecule has 5 nitrogen and oxygen atoms in total. The fraction of sp³-hybridized carbons (Fsp3) is 0.529. The van der Waals surface area contributed by atoms with Crippen molar-refractivity contribution in [3.63, 3.8) is 0 Å². The van der Waals surface area contributed by atoms with Crippen molar-refractivity contribution in [2.24, 2.45) is 0 Å². The molecule has 0 radical (unpaired) electrons. The molecule has 1 heterocycles. The monoisotopic (exact) mass is 337 g/mol. The smallest absolute Gasteiger partial charge is 0.317 e. The van der Waals surface area contributed by atoms with Crippen molar-refractivity contribution in [2.75, 3.05) is 13.1 Å². The molecule has 126 valence electrons. The summed E-state index contributed by atoms with van der Waals surface area (Å²) in [6.07, 6.45) is 1.49. The normalized spacial score (nSPS) is 16.1. The van der Waals surface area contributed by atoms with Gasteiger partial charge in [-0.2, -0.15) is 0 Å². The second-order valence-corrected chi connectivity index (χ2v) is 7.30. The number of benzene rings is 1. The molecule has 1 fully saturated rings. The van der Waals surface area contributed by atoms with Crippen LogP contribution >= 0.6 is 11.6 Å². The number of rotatable bonds is 2. The van der Waals surface area contributed by atoms with Crippen LogP contribution in [0.4, 0.5) is 4.79 Å². The lowest BCUT2D eigenvalue weighted by atomic mass is 10.0. The highest BCUT2D eigenvalue weighted by Crippen LogP contribution is 2.17. The first-order chi connectivity index (χ1) is 10.8. The van der Waals surface area contributed by atoms with Crippen LogP contribution in [0, 0.1) is 0 Å². The molecule has 1 aliphatic rings. The summed E-state index contributed by atoms with van der Waals surface area (Å²) in [4.78, 5) is 26.2. The lowest BCUT2D eigenvalue weighted by molar-refractivity contribution is 0.0917. The first-order valence-corrected chi connectivity index (χ1v) is 8.26. The molecule has 1 aliphatic heterocycles. The molecule has 0 saturated carbocycles. The molecule has 0 atom stereocenters. The van der Waals surface area contributed by atoms with Crippen molar-refractivity contribution in [1.82, 2.24) is 15.5 Å². The van der Waals surface area contributed by atoms with E-state index in [1.807, 2.05) is 20.8 Å². The highest BCUT2D eigenvalue weighted by atomic mass is 35.5. The molecule has 1 saturated heterocycles. The van der Waals surface area contributed by atoms with E-state index in [1.54, 1.807) is 29.2 Å². The Morgan fingerprint density at radius 2 is 1.78 bits per heavy atom. The summed E-state index contributed by atoms with van der Waals surface area (Å²) < 4.78 is 0. The summed E-state index contributed by atoms with van der Waals surface area (Å²) in [5.74, 6) is -0.159. The fourth-order valence-electron chi connectivity index (χ4n) is 2.54. The van der Waals surface area contributed by atoms with Crippen LogP contribution in [0.1, 0.15) is 44.0 Å². The minimum atomic E-state index is -0.244. The molecule has 0 unspecified atom stereocenters. The molecule has 0 spiro atoms. The average molecular weight is 338 g/mol. The maximum Gasteiger partial charge on any atom is 0.317 e. The minimum absolute atomic E-state index is 0.0478. The Hall–Kier alpha value is -1.75. The van der Waals surface area contributed by atoms with Gasteiger partial charge in [0.15, 0.2) is 0 Å². The molecule has 23 heavy (non-hydrogen) atoms. The molecule has 3 amide bonds. The topological polar surface area (TPSA) is 61.4 Å². The van der Waals surface area contributed by atoms with Gasteiger partial charge >= 0.3 is 6.03 Å². The number of halogens is 1. The Morgan fingerprint density at radius 3 is 2.35 bits per heavy atom. The van der Waals surface area contributed by atoms with Gasteiger partial charge in [0.2, 0.25) is 0 Å². The molecule has 0 bridgehead atoms. The quantitative estimate of drug-likeness (QED) is 0.871. The van der Waals surface area contributed by atoms with Crippen molar-refractivity contribution in [3.8, 4) is 0 Å². The van der Waals surface area contributed by atoms with Gasteiger partial charge in [0.05, 0.1) is 10.6 Å². The fourth-order valence-corrected chi connectivity index (χ4v) is 2.76. The summed E-state index contributed by atoms with van der Waals surface area (Å²) in [7, 11) is 0. The van der Waals surface area contributed by atoms with E-state index < -0.39 is 0 Å². The maximum atomic E-state index is 12.2. The molecule has 1 aromatic rings. The number of likely N-dealkylation sites (tertiary alicyclic amines) is 1. The Kier molecular flexibility index (Phi) is 5.52. The number of nitrogens with one attached hydrogen (secondary N) is 2. The van der Waals surface area contributed by atoms with E-state index in [4.69, 9.17) is 11.6 Å². The molecular formula is C17H24ClN3O2. The number of hydrogen-bond donors (Lipinski definition) is 2. The van der Waals surface area contributed by atoms with Gasteiger partial charge in [-0.3, -0.25) is 4.79 Å². The van der Waals surface area contributed by atoms with Crippen LogP contribution in [-0.4, -0.2) is 41.5 Å². The number of piperidine rings is 1. The van der Waals surface area contributed by atoms with Gasteiger partial charge in [0.25, 0.3) is 5.91 Å². The van der Waals surface area contributed by atoms with Gasteiger partial charge in [0, 0.05) is 24.7 Å². The zero-order valence-electron chi connectivity index (χ0n) is 13.9. The van der Waals surface area contributed by atoms with Gasteiger partial charge in [0.1, 0.15) is 0 Å². The van der Waals surface area contributed by atoms with Gasteiger partial charge in [-0.1, -0.05) is 23.7 Å². The molecule has 0 aromatic heterocycles. The number of nitrogens with zero attached hydrogens (tertiary/aromatic N) is 1. The van der Waals surface area contributed by atoms with Crippen LogP contribution in [-0.2, 0) is 0 Å². The van der Waals surface area contributed by atoms with Crippen LogP contribution in [0.2, 0.25) is 5.02 Å². The lowest BCUT2D eigenvalue weighted by Crippen LogP contribution is -2.53.